The Morgan fingerprint density at radius 2 is 1.26 bits per heavy atom. The Morgan fingerprint density at radius 3 is 1.74 bits per heavy atom. The molecule has 0 bridgehead atoms. The molecule has 102 valence electrons. The number of nitrogens with zero attached hydrogens (tertiary/aromatic N) is 1. The zero-order chi connectivity index (χ0) is 14.3. The van der Waals surface area contributed by atoms with Crippen LogP contribution in [0, 0.1) is 29.1 Å². The van der Waals surface area contributed by atoms with Gasteiger partial charge in [0.1, 0.15) is 11.5 Å². The average molecular weight is 279 g/mol. The summed E-state index contributed by atoms with van der Waals surface area (Å²) in [5, 5.41) is 0. The number of rotatable bonds is 1. The molecule has 1 aromatic rings. The van der Waals surface area contributed by atoms with Gasteiger partial charge in [-0.3, -0.25) is 9.59 Å². The number of hydrogen-bond donors (Lipinski definition) is 0. The van der Waals surface area contributed by atoms with E-state index in [4.69, 9.17) is 0 Å². The SMILES string of the molecule is O=C1CCN(c2c(F)c(F)c(F)c(F)c2F)C(=O)C1. The van der Waals surface area contributed by atoms with Gasteiger partial charge >= 0.3 is 0 Å². The lowest BCUT2D eigenvalue weighted by molar-refractivity contribution is -0.128. The van der Waals surface area contributed by atoms with Crippen molar-refractivity contribution in [2.24, 2.45) is 0 Å². The van der Waals surface area contributed by atoms with Crippen LogP contribution in [0.5, 0.6) is 0 Å². The first-order chi connectivity index (χ1) is 8.84. The van der Waals surface area contributed by atoms with E-state index < -0.39 is 59.4 Å². The van der Waals surface area contributed by atoms with E-state index >= 15 is 0 Å². The van der Waals surface area contributed by atoms with Crippen molar-refractivity contribution in [1.29, 1.82) is 0 Å². The number of anilines is 1. The molecule has 0 atom stereocenters. The van der Waals surface area contributed by atoms with Crippen molar-refractivity contribution in [3.63, 3.8) is 0 Å². The van der Waals surface area contributed by atoms with Crippen molar-refractivity contribution in [2.45, 2.75) is 12.8 Å². The molecule has 8 heteroatoms. The van der Waals surface area contributed by atoms with Gasteiger partial charge in [0.15, 0.2) is 23.3 Å². The van der Waals surface area contributed by atoms with Gasteiger partial charge in [0.2, 0.25) is 11.7 Å². The van der Waals surface area contributed by atoms with E-state index in [2.05, 4.69) is 0 Å². The third-order valence-corrected chi connectivity index (χ3v) is 2.72. The Labute approximate surface area is 103 Å². The minimum Gasteiger partial charge on any atom is -0.306 e. The van der Waals surface area contributed by atoms with E-state index in [1.165, 1.54) is 0 Å². The van der Waals surface area contributed by atoms with Crippen LogP contribution in [0.3, 0.4) is 0 Å². The molecule has 1 aliphatic heterocycles. The van der Waals surface area contributed by atoms with Crippen LogP contribution in [0.2, 0.25) is 0 Å². The Kier molecular flexibility index (Phi) is 3.25. The molecule has 1 fully saturated rings. The lowest BCUT2D eigenvalue weighted by Gasteiger charge is -2.27. The van der Waals surface area contributed by atoms with E-state index in [1.54, 1.807) is 0 Å². The topological polar surface area (TPSA) is 37.4 Å². The highest BCUT2D eigenvalue weighted by atomic mass is 19.2. The quantitative estimate of drug-likeness (QED) is 0.341. The van der Waals surface area contributed by atoms with Crippen molar-refractivity contribution in [3.8, 4) is 0 Å². The molecule has 0 aromatic heterocycles. The fourth-order valence-corrected chi connectivity index (χ4v) is 1.78. The van der Waals surface area contributed by atoms with Crippen LogP contribution in [0.25, 0.3) is 0 Å². The number of ketones is 1. The molecule has 0 unspecified atom stereocenters. The van der Waals surface area contributed by atoms with Crippen molar-refractivity contribution in [3.05, 3.63) is 29.1 Å². The number of halogens is 5. The first-order valence-electron chi connectivity index (χ1n) is 5.18. The fraction of sp³-hybridized carbons (Fsp3) is 0.273. The normalized spacial score (nSPS) is 16.2. The van der Waals surface area contributed by atoms with Gasteiger partial charge in [-0.05, 0) is 0 Å². The van der Waals surface area contributed by atoms with Gasteiger partial charge < -0.3 is 4.90 Å². The van der Waals surface area contributed by atoms with Crippen LogP contribution >= 0.6 is 0 Å². The minimum atomic E-state index is -2.29. The van der Waals surface area contributed by atoms with E-state index in [-0.39, 0.29) is 6.42 Å². The Balaban J connectivity index is 2.57. The number of carbonyl (C=O) groups is 2. The lowest BCUT2D eigenvalue weighted by Crippen LogP contribution is -2.40. The van der Waals surface area contributed by atoms with Crippen molar-refractivity contribution < 1.29 is 31.5 Å². The van der Waals surface area contributed by atoms with Gasteiger partial charge in [0.25, 0.3) is 0 Å². The second-order valence-electron chi connectivity index (χ2n) is 3.93. The summed E-state index contributed by atoms with van der Waals surface area (Å²) in [7, 11) is 0. The molecule has 1 aliphatic rings. The molecule has 1 aromatic carbocycles. The molecule has 1 saturated heterocycles. The molecule has 3 nitrogen and oxygen atoms in total. The molecule has 1 amide bonds. The molecule has 2 rings (SSSR count). The highest BCUT2D eigenvalue weighted by molar-refractivity contribution is 6.08. The maximum atomic E-state index is 13.5. The van der Waals surface area contributed by atoms with Gasteiger partial charge in [-0.15, -0.1) is 0 Å². The first-order valence-corrected chi connectivity index (χ1v) is 5.18. The van der Waals surface area contributed by atoms with Crippen molar-refractivity contribution >= 4 is 17.4 Å². The Morgan fingerprint density at radius 1 is 0.789 bits per heavy atom. The van der Waals surface area contributed by atoms with E-state index in [9.17, 15) is 31.5 Å². The van der Waals surface area contributed by atoms with Gasteiger partial charge in [-0.1, -0.05) is 0 Å². The van der Waals surface area contributed by atoms with Gasteiger partial charge in [-0.25, -0.2) is 22.0 Å². The Bertz CT molecular complexity index is 558. The molecule has 0 N–H and O–H groups in total. The molecule has 19 heavy (non-hydrogen) atoms. The summed E-state index contributed by atoms with van der Waals surface area (Å²) < 4.78 is 65.7. The molecular weight excluding hydrogens is 273 g/mol. The molecule has 1 heterocycles. The number of hydrogen-bond acceptors (Lipinski definition) is 2. The number of carbonyl (C=O) groups excluding carboxylic acids is 2. The van der Waals surface area contributed by atoms with Crippen LogP contribution in [-0.2, 0) is 9.59 Å². The van der Waals surface area contributed by atoms with E-state index in [0.717, 1.165) is 0 Å². The third-order valence-electron chi connectivity index (χ3n) is 2.72. The maximum absolute atomic E-state index is 13.5. The van der Waals surface area contributed by atoms with Crippen molar-refractivity contribution in [2.75, 3.05) is 11.4 Å². The summed E-state index contributed by atoms with van der Waals surface area (Å²) in [5.41, 5.74) is -1.31. The van der Waals surface area contributed by atoms with Crippen LogP contribution in [0.15, 0.2) is 0 Å². The predicted octanol–water partition coefficient (Wildman–Crippen LogP) is 2.08. The summed E-state index contributed by atoms with van der Waals surface area (Å²) in [6.45, 7) is -0.421. The van der Waals surface area contributed by atoms with Crippen LogP contribution in [-0.4, -0.2) is 18.2 Å². The number of piperidine rings is 1. The fourth-order valence-electron chi connectivity index (χ4n) is 1.78. The van der Waals surface area contributed by atoms with Gasteiger partial charge in [-0.2, -0.15) is 0 Å². The lowest BCUT2D eigenvalue weighted by atomic mass is 10.1. The monoisotopic (exact) mass is 279 g/mol. The highest BCUT2D eigenvalue weighted by Crippen LogP contribution is 2.31. The maximum Gasteiger partial charge on any atom is 0.234 e. The van der Waals surface area contributed by atoms with Crippen LogP contribution < -0.4 is 4.90 Å². The second-order valence-corrected chi connectivity index (χ2v) is 3.93. The summed E-state index contributed by atoms with van der Waals surface area (Å²) in [5.74, 6) is -12.2. The predicted molar refractivity (Wildman–Crippen MR) is 52.8 cm³/mol. The van der Waals surface area contributed by atoms with Gasteiger partial charge in [0.05, 0.1) is 6.42 Å². The third kappa shape index (κ3) is 2.06. The zero-order valence-corrected chi connectivity index (χ0v) is 9.27. The summed E-state index contributed by atoms with van der Waals surface area (Å²) in [6, 6.07) is 0. The molecular formula is C11H6F5NO2. The number of amides is 1. The smallest absolute Gasteiger partial charge is 0.234 e. The van der Waals surface area contributed by atoms with E-state index in [0.29, 0.717) is 4.90 Å². The van der Waals surface area contributed by atoms with Crippen molar-refractivity contribution in [1.82, 2.24) is 0 Å². The zero-order valence-electron chi connectivity index (χ0n) is 9.27. The average Bonchev–Trinajstić information content (AvgIpc) is 2.37. The molecule has 0 aliphatic carbocycles. The summed E-state index contributed by atoms with van der Waals surface area (Å²) in [4.78, 5) is 22.8. The summed E-state index contributed by atoms with van der Waals surface area (Å²) in [6.07, 6.45) is -0.829. The number of Topliss-reactive ketones (excluding diaryl/α,β-unsaturated/α-hetero) is 1. The first kappa shape index (κ1) is 13.4. The molecule has 0 spiro atoms. The molecule has 0 radical (unpaired) electrons. The minimum absolute atomic E-state index is 0.203. The number of benzene rings is 1. The van der Waals surface area contributed by atoms with Gasteiger partial charge in [0, 0.05) is 13.0 Å². The van der Waals surface area contributed by atoms with Crippen LogP contribution in [0.1, 0.15) is 12.8 Å². The molecule has 0 saturated carbocycles. The largest absolute Gasteiger partial charge is 0.306 e. The highest BCUT2D eigenvalue weighted by Gasteiger charge is 2.34. The standard InChI is InChI=1S/C11H6F5NO2/c12-6-7(13)9(15)11(10(16)8(6)14)17-2-1-4(18)3-5(17)19/h1-3H2. The Hall–Kier alpha value is -1.99. The second kappa shape index (κ2) is 4.60. The van der Waals surface area contributed by atoms with E-state index in [1.807, 2.05) is 0 Å². The summed E-state index contributed by atoms with van der Waals surface area (Å²) >= 11 is 0. The van der Waals surface area contributed by atoms with Crippen LogP contribution in [0.4, 0.5) is 27.6 Å².